The second-order valence-corrected chi connectivity index (χ2v) is 6.99. The Bertz CT molecular complexity index is 650. The molecular formula is C12H16N2O5S. The van der Waals surface area contributed by atoms with Crippen LogP contribution in [0.4, 0.5) is 0 Å². The predicted octanol–water partition coefficient (Wildman–Crippen LogP) is 0.123. The standard InChI is InChI=1S/C12H16N2O5S/c1-4-19-10(17)7-8(15)9(16)14-5-6-20(18)12(2,3)11(14)13-7/h15H,4-6H2,1-3H3. The third kappa shape index (κ3) is 2.13. The van der Waals surface area contributed by atoms with Crippen LogP contribution in [0.2, 0.25) is 0 Å². The van der Waals surface area contributed by atoms with Crippen molar-refractivity contribution in [3.63, 3.8) is 0 Å². The maximum absolute atomic E-state index is 12.1. The summed E-state index contributed by atoms with van der Waals surface area (Å²) in [5.41, 5.74) is -1.13. The summed E-state index contributed by atoms with van der Waals surface area (Å²) in [7, 11) is -1.21. The normalized spacial score (nSPS) is 20.2. The van der Waals surface area contributed by atoms with Gasteiger partial charge in [-0.15, -0.1) is 0 Å². The van der Waals surface area contributed by atoms with Crippen molar-refractivity contribution in [3.8, 4) is 5.75 Å². The van der Waals surface area contributed by atoms with Crippen LogP contribution in [0.15, 0.2) is 4.79 Å². The van der Waals surface area contributed by atoms with Crippen molar-refractivity contribution < 1.29 is 18.8 Å². The topological polar surface area (TPSA) is 98.5 Å². The van der Waals surface area contributed by atoms with E-state index in [9.17, 15) is 18.9 Å². The van der Waals surface area contributed by atoms with Crippen molar-refractivity contribution in [3.05, 3.63) is 21.9 Å². The summed E-state index contributed by atoms with van der Waals surface area (Å²) in [5.74, 6) is -1.05. The molecule has 110 valence electrons. The van der Waals surface area contributed by atoms with Crippen LogP contribution in [0, 0.1) is 0 Å². The molecular weight excluding hydrogens is 284 g/mol. The number of ether oxygens (including phenoxy) is 1. The molecule has 1 atom stereocenters. The number of aromatic nitrogens is 2. The Labute approximate surface area is 118 Å². The molecule has 0 aliphatic carbocycles. The number of rotatable bonds is 2. The van der Waals surface area contributed by atoms with E-state index in [0.717, 1.165) is 0 Å². The first kappa shape index (κ1) is 14.7. The summed E-state index contributed by atoms with van der Waals surface area (Å²) >= 11 is 0. The number of hydrogen-bond acceptors (Lipinski definition) is 6. The fourth-order valence-electron chi connectivity index (χ4n) is 2.08. The summed E-state index contributed by atoms with van der Waals surface area (Å²) in [6.07, 6.45) is 0. The summed E-state index contributed by atoms with van der Waals surface area (Å²) in [6.45, 7) is 5.29. The van der Waals surface area contributed by atoms with Gasteiger partial charge in [0.1, 0.15) is 5.82 Å². The molecule has 1 N–H and O–H groups in total. The minimum absolute atomic E-state index is 0.105. The van der Waals surface area contributed by atoms with Crippen molar-refractivity contribution in [2.24, 2.45) is 0 Å². The Morgan fingerprint density at radius 2 is 2.20 bits per heavy atom. The number of fused-ring (bicyclic) bond motifs is 1. The SMILES string of the molecule is CCOC(=O)c1nc2n(c(=O)c1O)CCS(=O)C2(C)C. The number of hydrogen-bond donors (Lipinski definition) is 1. The molecule has 0 saturated carbocycles. The molecule has 1 aliphatic heterocycles. The zero-order valence-corrected chi connectivity index (χ0v) is 12.3. The van der Waals surface area contributed by atoms with Gasteiger partial charge in [-0.3, -0.25) is 13.6 Å². The van der Waals surface area contributed by atoms with Crippen LogP contribution < -0.4 is 5.56 Å². The average Bonchev–Trinajstić information content (AvgIpc) is 2.38. The maximum atomic E-state index is 12.1. The first-order valence-corrected chi connectivity index (χ1v) is 7.52. The second kappa shape index (κ2) is 5.01. The lowest BCUT2D eigenvalue weighted by Gasteiger charge is -2.31. The predicted molar refractivity (Wildman–Crippen MR) is 72.2 cm³/mol. The van der Waals surface area contributed by atoms with Crippen molar-refractivity contribution >= 4 is 16.8 Å². The molecule has 0 bridgehead atoms. The van der Waals surface area contributed by atoms with E-state index in [1.807, 2.05) is 0 Å². The van der Waals surface area contributed by atoms with Crippen LogP contribution >= 0.6 is 0 Å². The highest BCUT2D eigenvalue weighted by atomic mass is 32.2. The molecule has 0 saturated heterocycles. The third-order valence-electron chi connectivity index (χ3n) is 3.22. The highest BCUT2D eigenvalue weighted by Crippen LogP contribution is 2.30. The van der Waals surface area contributed by atoms with Crippen LogP contribution in [0.1, 0.15) is 37.1 Å². The Balaban J connectivity index is 2.69. The quantitative estimate of drug-likeness (QED) is 0.779. The molecule has 0 spiro atoms. The molecule has 1 aromatic heterocycles. The molecule has 1 aromatic rings. The van der Waals surface area contributed by atoms with Gasteiger partial charge in [0.05, 0.1) is 11.4 Å². The van der Waals surface area contributed by atoms with Gasteiger partial charge < -0.3 is 9.84 Å². The first-order valence-electron chi connectivity index (χ1n) is 6.20. The Hall–Kier alpha value is -1.70. The van der Waals surface area contributed by atoms with E-state index in [1.165, 1.54) is 4.57 Å². The summed E-state index contributed by atoms with van der Waals surface area (Å²) < 4.78 is 17.2. The Kier molecular flexibility index (Phi) is 3.68. The zero-order valence-electron chi connectivity index (χ0n) is 11.5. The molecule has 8 heteroatoms. The number of carbonyl (C=O) groups is 1. The van der Waals surface area contributed by atoms with Crippen LogP contribution in [0.5, 0.6) is 5.75 Å². The summed E-state index contributed by atoms with van der Waals surface area (Å²) in [4.78, 5) is 27.9. The van der Waals surface area contributed by atoms with E-state index in [0.29, 0.717) is 5.75 Å². The second-order valence-electron chi connectivity index (χ2n) is 4.87. The minimum atomic E-state index is -1.21. The van der Waals surface area contributed by atoms with Crippen molar-refractivity contribution in [1.29, 1.82) is 0 Å². The molecule has 2 rings (SSSR count). The number of aromatic hydroxyl groups is 1. The van der Waals surface area contributed by atoms with Crippen LogP contribution in [-0.2, 0) is 26.8 Å². The van der Waals surface area contributed by atoms with Gasteiger partial charge in [0, 0.05) is 23.1 Å². The summed E-state index contributed by atoms with van der Waals surface area (Å²) in [6, 6.07) is 0. The lowest BCUT2D eigenvalue weighted by atomic mass is 10.1. The third-order valence-corrected chi connectivity index (χ3v) is 5.10. The average molecular weight is 300 g/mol. The van der Waals surface area contributed by atoms with Gasteiger partial charge >= 0.3 is 5.97 Å². The molecule has 0 aromatic carbocycles. The molecule has 1 aliphatic rings. The highest BCUT2D eigenvalue weighted by molar-refractivity contribution is 7.86. The van der Waals surface area contributed by atoms with Crippen molar-refractivity contribution in [1.82, 2.24) is 9.55 Å². The van der Waals surface area contributed by atoms with Gasteiger partial charge in [0.25, 0.3) is 5.56 Å². The summed E-state index contributed by atoms with van der Waals surface area (Å²) in [5, 5.41) is 9.81. The van der Waals surface area contributed by atoms with E-state index < -0.39 is 38.5 Å². The minimum Gasteiger partial charge on any atom is -0.501 e. The fourth-order valence-corrected chi connectivity index (χ4v) is 3.30. The molecule has 0 radical (unpaired) electrons. The molecule has 7 nitrogen and oxygen atoms in total. The zero-order chi connectivity index (χ0) is 15.1. The highest BCUT2D eigenvalue weighted by Gasteiger charge is 2.38. The van der Waals surface area contributed by atoms with Crippen LogP contribution in [-0.4, -0.2) is 37.2 Å². The number of nitrogens with zero attached hydrogens (tertiary/aromatic N) is 2. The molecule has 20 heavy (non-hydrogen) atoms. The molecule has 1 unspecified atom stereocenters. The Morgan fingerprint density at radius 3 is 2.80 bits per heavy atom. The van der Waals surface area contributed by atoms with Gasteiger partial charge in [0.2, 0.25) is 5.75 Å². The molecule has 0 amide bonds. The smallest absolute Gasteiger partial charge is 0.361 e. The van der Waals surface area contributed by atoms with E-state index in [-0.39, 0.29) is 19.0 Å². The fraction of sp³-hybridized carbons (Fsp3) is 0.583. The van der Waals surface area contributed by atoms with Crippen LogP contribution in [0.25, 0.3) is 0 Å². The van der Waals surface area contributed by atoms with Gasteiger partial charge in [-0.1, -0.05) is 0 Å². The lowest BCUT2D eigenvalue weighted by molar-refractivity contribution is 0.0514. The van der Waals surface area contributed by atoms with E-state index in [4.69, 9.17) is 4.74 Å². The Morgan fingerprint density at radius 1 is 1.55 bits per heavy atom. The molecule has 2 heterocycles. The lowest BCUT2D eigenvalue weighted by Crippen LogP contribution is -2.43. The first-order chi connectivity index (χ1) is 9.30. The van der Waals surface area contributed by atoms with E-state index in [2.05, 4.69) is 4.98 Å². The van der Waals surface area contributed by atoms with Gasteiger partial charge in [0.15, 0.2) is 5.69 Å². The largest absolute Gasteiger partial charge is 0.501 e. The van der Waals surface area contributed by atoms with Crippen molar-refractivity contribution in [2.45, 2.75) is 32.1 Å². The van der Waals surface area contributed by atoms with E-state index >= 15 is 0 Å². The van der Waals surface area contributed by atoms with Crippen LogP contribution in [0.3, 0.4) is 0 Å². The monoisotopic (exact) mass is 300 g/mol. The van der Waals surface area contributed by atoms with Gasteiger partial charge in [-0.05, 0) is 20.8 Å². The van der Waals surface area contributed by atoms with E-state index in [1.54, 1.807) is 20.8 Å². The molecule has 0 fully saturated rings. The number of carbonyl (C=O) groups excluding carboxylic acids is 1. The number of esters is 1. The maximum Gasteiger partial charge on any atom is 0.361 e. The van der Waals surface area contributed by atoms with Gasteiger partial charge in [-0.25, -0.2) is 9.78 Å². The van der Waals surface area contributed by atoms with Crippen molar-refractivity contribution in [2.75, 3.05) is 12.4 Å². The van der Waals surface area contributed by atoms with Gasteiger partial charge in [-0.2, -0.15) is 0 Å².